The second-order valence-electron chi connectivity index (χ2n) is 3.95. The summed E-state index contributed by atoms with van der Waals surface area (Å²) in [6, 6.07) is 7.97. The molecule has 0 radical (unpaired) electrons. The van der Waals surface area contributed by atoms with Crippen molar-refractivity contribution in [3.63, 3.8) is 0 Å². The maximum absolute atomic E-state index is 5.75. The largest absolute Gasteiger partial charge is 0.470 e. The van der Waals surface area contributed by atoms with E-state index in [1.807, 2.05) is 41.1 Å². The Labute approximate surface area is 126 Å². The van der Waals surface area contributed by atoms with Gasteiger partial charge in [-0.05, 0) is 33.6 Å². The standard InChI is InChI=1S/C13H9Br2N3O/c14-10-3-1-2-9(6-10)8-19-13-12-16-4-5-18(12)7-11(15)17-13/h1-7H,8H2. The molecule has 0 atom stereocenters. The summed E-state index contributed by atoms with van der Waals surface area (Å²) in [5, 5.41) is 0. The molecule has 2 aromatic heterocycles. The molecule has 0 bridgehead atoms. The van der Waals surface area contributed by atoms with Crippen LogP contribution in [0.1, 0.15) is 5.56 Å². The van der Waals surface area contributed by atoms with Crippen LogP contribution >= 0.6 is 31.9 Å². The zero-order valence-electron chi connectivity index (χ0n) is 9.75. The number of hydrogen-bond acceptors (Lipinski definition) is 3. The van der Waals surface area contributed by atoms with Crippen LogP contribution in [0.25, 0.3) is 5.65 Å². The molecule has 6 heteroatoms. The van der Waals surface area contributed by atoms with E-state index in [0.29, 0.717) is 22.7 Å². The number of hydrogen-bond donors (Lipinski definition) is 0. The Bertz CT molecular complexity index is 727. The predicted molar refractivity (Wildman–Crippen MR) is 79.2 cm³/mol. The van der Waals surface area contributed by atoms with Crippen molar-refractivity contribution in [3.05, 3.63) is 57.5 Å². The average molecular weight is 383 g/mol. The van der Waals surface area contributed by atoms with Crippen LogP contribution in [0.4, 0.5) is 0 Å². The summed E-state index contributed by atoms with van der Waals surface area (Å²) in [5.41, 5.74) is 1.78. The fourth-order valence-electron chi connectivity index (χ4n) is 1.75. The van der Waals surface area contributed by atoms with Crippen molar-refractivity contribution in [3.8, 4) is 5.88 Å². The molecule has 4 nitrogen and oxygen atoms in total. The Morgan fingerprint density at radius 2 is 2.16 bits per heavy atom. The molecule has 0 N–H and O–H groups in total. The van der Waals surface area contributed by atoms with E-state index in [-0.39, 0.29) is 0 Å². The molecule has 3 rings (SSSR count). The van der Waals surface area contributed by atoms with E-state index >= 15 is 0 Å². The van der Waals surface area contributed by atoms with E-state index in [1.165, 1.54) is 0 Å². The summed E-state index contributed by atoms with van der Waals surface area (Å²) >= 11 is 6.80. The van der Waals surface area contributed by atoms with Crippen molar-refractivity contribution in [2.45, 2.75) is 6.61 Å². The Morgan fingerprint density at radius 3 is 3.00 bits per heavy atom. The van der Waals surface area contributed by atoms with Gasteiger partial charge in [0.05, 0.1) is 0 Å². The summed E-state index contributed by atoms with van der Waals surface area (Å²) in [7, 11) is 0. The minimum atomic E-state index is 0.450. The fraction of sp³-hybridized carbons (Fsp3) is 0.0769. The number of ether oxygens (including phenoxy) is 1. The molecule has 0 fully saturated rings. The van der Waals surface area contributed by atoms with Gasteiger partial charge in [0.2, 0.25) is 5.65 Å². The number of imidazole rings is 1. The minimum absolute atomic E-state index is 0.450. The molecule has 0 saturated heterocycles. The lowest BCUT2D eigenvalue weighted by atomic mass is 10.2. The van der Waals surface area contributed by atoms with E-state index in [2.05, 4.69) is 41.8 Å². The third-order valence-electron chi connectivity index (χ3n) is 2.58. The second kappa shape index (κ2) is 5.30. The number of aromatic nitrogens is 3. The highest BCUT2D eigenvalue weighted by Gasteiger charge is 2.08. The number of benzene rings is 1. The highest BCUT2D eigenvalue weighted by Crippen LogP contribution is 2.20. The lowest BCUT2D eigenvalue weighted by molar-refractivity contribution is 0.295. The van der Waals surface area contributed by atoms with Crippen molar-refractivity contribution in [1.29, 1.82) is 0 Å². The third kappa shape index (κ3) is 2.79. The SMILES string of the molecule is Brc1cccc(COc2nc(Br)cn3ccnc23)c1. The van der Waals surface area contributed by atoms with Crippen molar-refractivity contribution in [2.75, 3.05) is 0 Å². The summed E-state index contributed by atoms with van der Waals surface area (Å²) in [6.45, 7) is 0.450. The topological polar surface area (TPSA) is 39.4 Å². The van der Waals surface area contributed by atoms with E-state index in [1.54, 1.807) is 6.20 Å². The number of halogens is 2. The molecule has 0 aliphatic rings. The highest BCUT2D eigenvalue weighted by molar-refractivity contribution is 9.10. The van der Waals surface area contributed by atoms with Crippen LogP contribution < -0.4 is 4.74 Å². The van der Waals surface area contributed by atoms with Crippen molar-refractivity contribution < 1.29 is 4.74 Å². The van der Waals surface area contributed by atoms with Gasteiger partial charge in [-0.2, -0.15) is 0 Å². The van der Waals surface area contributed by atoms with Crippen LogP contribution in [-0.4, -0.2) is 14.4 Å². The van der Waals surface area contributed by atoms with Crippen LogP contribution in [0.15, 0.2) is 51.9 Å². The molecular formula is C13H9Br2N3O. The van der Waals surface area contributed by atoms with Gasteiger partial charge >= 0.3 is 0 Å². The molecule has 19 heavy (non-hydrogen) atoms. The van der Waals surface area contributed by atoms with Crippen LogP contribution in [0.3, 0.4) is 0 Å². The van der Waals surface area contributed by atoms with Crippen LogP contribution in [0.5, 0.6) is 5.88 Å². The summed E-state index contributed by atoms with van der Waals surface area (Å²) in [4.78, 5) is 8.55. The van der Waals surface area contributed by atoms with E-state index in [0.717, 1.165) is 10.0 Å². The van der Waals surface area contributed by atoms with Gasteiger partial charge in [-0.1, -0.05) is 28.1 Å². The molecule has 0 aliphatic carbocycles. The third-order valence-corrected chi connectivity index (χ3v) is 3.45. The summed E-state index contributed by atoms with van der Waals surface area (Å²) in [5.74, 6) is 0.513. The van der Waals surface area contributed by atoms with E-state index in [4.69, 9.17) is 4.74 Å². The van der Waals surface area contributed by atoms with Gasteiger partial charge in [-0.15, -0.1) is 0 Å². The molecule has 0 aliphatic heterocycles. The first-order valence-electron chi connectivity index (χ1n) is 5.59. The Hall–Kier alpha value is -1.40. The van der Waals surface area contributed by atoms with E-state index in [9.17, 15) is 0 Å². The van der Waals surface area contributed by atoms with Crippen molar-refractivity contribution in [2.24, 2.45) is 0 Å². The molecule has 3 aromatic rings. The van der Waals surface area contributed by atoms with Gasteiger partial charge in [0.25, 0.3) is 5.88 Å². The molecule has 2 heterocycles. The van der Waals surface area contributed by atoms with E-state index < -0.39 is 0 Å². The zero-order valence-corrected chi connectivity index (χ0v) is 12.9. The Morgan fingerprint density at radius 1 is 1.26 bits per heavy atom. The van der Waals surface area contributed by atoms with Crippen LogP contribution in [0.2, 0.25) is 0 Å². The Balaban J connectivity index is 1.87. The normalized spacial score (nSPS) is 10.8. The molecular weight excluding hydrogens is 374 g/mol. The van der Waals surface area contributed by atoms with Crippen LogP contribution in [-0.2, 0) is 6.61 Å². The molecule has 1 aromatic carbocycles. The molecule has 0 saturated carbocycles. The highest BCUT2D eigenvalue weighted by atomic mass is 79.9. The van der Waals surface area contributed by atoms with Crippen molar-refractivity contribution in [1.82, 2.24) is 14.4 Å². The van der Waals surface area contributed by atoms with Gasteiger partial charge < -0.3 is 4.74 Å². The van der Waals surface area contributed by atoms with Gasteiger partial charge in [-0.25, -0.2) is 9.97 Å². The quantitative estimate of drug-likeness (QED) is 0.690. The number of rotatable bonds is 3. The Kier molecular flexibility index (Phi) is 3.52. The van der Waals surface area contributed by atoms with Crippen LogP contribution in [0, 0.1) is 0 Å². The number of fused-ring (bicyclic) bond motifs is 1. The first kappa shape index (κ1) is 12.6. The maximum Gasteiger partial charge on any atom is 0.259 e. The smallest absolute Gasteiger partial charge is 0.259 e. The monoisotopic (exact) mass is 381 g/mol. The first-order chi connectivity index (χ1) is 9.22. The number of nitrogens with zero attached hydrogens (tertiary/aromatic N) is 3. The summed E-state index contributed by atoms with van der Waals surface area (Å²) in [6.07, 6.45) is 5.41. The van der Waals surface area contributed by atoms with Gasteiger partial charge in [0.1, 0.15) is 11.2 Å². The van der Waals surface area contributed by atoms with Gasteiger partial charge in [0, 0.05) is 23.1 Å². The maximum atomic E-state index is 5.75. The molecule has 0 amide bonds. The lowest BCUT2D eigenvalue weighted by Gasteiger charge is -2.07. The average Bonchev–Trinajstić information content (AvgIpc) is 2.84. The fourth-order valence-corrected chi connectivity index (χ4v) is 2.58. The van der Waals surface area contributed by atoms with Crippen molar-refractivity contribution >= 4 is 37.5 Å². The van der Waals surface area contributed by atoms with Gasteiger partial charge in [0.15, 0.2) is 0 Å². The first-order valence-corrected chi connectivity index (χ1v) is 7.17. The van der Waals surface area contributed by atoms with Gasteiger partial charge in [-0.3, -0.25) is 4.40 Å². The molecule has 0 spiro atoms. The minimum Gasteiger partial charge on any atom is -0.470 e. The molecule has 0 unspecified atom stereocenters. The predicted octanol–water partition coefficient (Wildman–Crippen LogP) is 3.83. The zero-order chi connectivity index (χ0) is 13.2. The second-order valence-corrected chi connectivity index (χ2v) is 5.67. The molecule has 96 valence electrons. The lowest BCUT2D eigenvalue weighted by Crippen LogP contribution is -2.00. The summed E-state index contributed by atoms with van der Waals surface area (Å²) < 4.78 is 9.36.